The van der Waals surface area contributed by atoms with E-state index in [9.17, 15) is 14.4 Å². The van der Waals surface area contributed by atoms with Crippen LogP contribution in [-0.4, -0.2) is 24.6 Å². The first-order chi connectivity index (χ1) is 15.5. The maximum absolute atomic E-state index is 12.5. The molecule has 0 saturated carbocycles. The van der Waals surface area contributed by atoms with E-state index in [2.05, 4.69) is 10.3 Å². The summed E-state index contributed by atoms with van der Waals surface area (Å²) in [6, 6.07) is 16.6. The molecule has 9 heteroatoms. The summed E-state index contributed by atoms with van der Waals surface area (Å²) in [5.41, 5.74) is 0.421. The quantitative estimate of drug-likeness (QED) is 0.483. The summed E-state index contributed by atoms with van der Waals surface area (Å²) in [7, 11) is 3.01. The van der Waals surface area contributed by atoms with Crippen LogP contribution in [0.5, 0.6) is 11.5 Å². The summed E-state index contributed by atoms with van der Waals surface area (Å²) in [5, 5.41) is 2.89. The molecule has 4 aromatic rings. The lowest BCUT2D eigenvalue weighted by Gasteiger charge is -2.12. The topological polar surface area (TPSA) is 100 Å². The monoisotopic (exact) mass is 433 g/mol. The molecule has 4 rings (SSSR count). The third-order valence-electron chi connectivity index (χ3n) is 5.15. The van der Waals surface area contributed by atoms with Crippen molar-refractivity contribution >= 4 is 22.8 Å². The van der Waals surface area contributed by atoms with Crippen LogP contribution in [0.25, 0.3) is 11.2 Å². The maximum Gasteiger partial charge on any atom is 0.332 e. The summed E-state index contributed by atoms with van der Waals surface area (Å²) in [6.45, 7) is 0.416. The molecule has 0 aliphatic rings. The van der Waals surface area contributed by atoms with Gasteiger partial charge in [-0.15, -0.1) is 0 Å². The predicted octanol–water partition coefficient (Wildman–Crippen LogP) is 2.64. The van der Waals surface area contributed by atoms with Crippen molar-refractivity contribution in [2.75, 3.05) is 5.32 Å². The number of fused-ring (bicyclic) bond motifs is 1. The van der Waals surface area contributed by atoms with E-state index in [1.807, 2.05) is 42.5 Å². The molecule has 0 unspecified atom stereocenters. The van der Waals surface area contributed by atoms with E-state index in [-0.39, 0.29) is 12.3 Å². The lowest BCUT2D eigenvalue weighted by molar-refractivity contribution is -0.116. The fourth-order valence-corrected chi connectivity index (χ4v) is 3.46. The standard InChI is InChI=1S/C23H23N5O4/c1-26-21-20(22(30)27(2)23(26)31)28(15-24-21)14-8-13-19(29)25-17-11-6-7-12-18(17)32-16-9-4-3-5-10-16/h3-7,9-12,15H,8,13-14H2,1-2H3,(H,25,29). The second-order valence-electron chi connectivity index (χ2n) is 7.38. The van der Waals surface area contributed by atoms with Crippen LogP contribution in [0.3, 0.4) is 0 Å². The molecule has 32 heavy (non-hydrogen) atoms. The van der Waals surface area contributed by atoms with Crippen molar-refractivity contribution in [3.05, 3.63) is 81.8 Å². The average Bonchev–Trinajstić information content (AvgIpc) is 3.22. The number of nitrogens with one attached hydrogen (secondary N) is 1. The van der Waals surface area contributed by atoms with Crippen LogP contribution in [-0.2, 0) is 25.4 Å². The van der Waals surface area contributed by atoms with Gasteiger partial charge in [0.05, 0.1) is 12.0 Å². The minimum absolute atomic E-state index is 0.168. The van der Waals surface area contributed by atoms with Crippen LogP contribution in [0.2, 0.25) is 0 Å². The Balaban J connectivity index is 1.42. The zero-order chi connectivity index (χ0) is 22.7. The highest BCUT2D eigenvalue weighted by molar-refractivity contribution is 5.92. The number of carbonyl (C=O) groups excluding carboxylic acids is 1. The van der Waals surface area contributed by atoms with E-state index in [4.69, 9.17) is 4.74 Å². The minimum atomic E-state index is -0.427. The van der Waals surface area contributed by atoms with Gasteiger partial charge in [-0.25, -0.2) is 9.78 Å². The molecule has 2 aromatic heterocycles. The van der Waals surface area contributed by atoms with Crippen LogP contribution < -0.4 is 21.3 Å². The van der Waals surface area contributed by atoms with Gasteiger partial charge in [0.1, 0.15) is 5.75 Å². The highest BCUT2D eigenvalue weighted by Gasteiger charge is 2.14. The molecule has 0 saturated heterocycles. The lowest BCUT2D eigenvalue weighted by Crippen LogP contribution is -2.37. The highest BCUT2D eigenvalue weighted by atomic mass is 16.5. The van der Waals surface area contributed by atoms with Crippen LogP contribution in [0, 0.1) is 0 Å². The molecule has 0 aliphatic carbocycles. The first-order valence-electron chi connectivity index (χ1n) is 10.2. The molecule has 0 atom stereocenters. The number of aromatic nitrogens is 4. The Labute approximate surface area is 183 Å². The molecule has 0 aliphatic heterocycles. The van der Waals surface area contributed by atoms with Crippen molar-refractivity contribution in [3.8, 4) is 11.5 Å². The number of carbonyl (C=O) groups is 1. The van der Waals surface area contributed by atoms with Gasteiger partial charge < -0.3 is 14.6 Å². The van der Waals surface area contributed by atoms with Crippen LogP contribution in [0.15, 0.2) is 70.5 Å². The Bertz CT molecular complexity index is 1390. The number of anilines is 1. The van der Waals surface area contributed by atoms with E-state index in [0.717, 1.165) is 4.57 Å². The zero-order valence-corrected chi connectivity index (χ0v) is 17.8. The molecule has 0 fully saturated rings. The van der Waals surface area contributed by atoms with Crippen molar-refractivity contribution in [2.45, 2.75) is 19.4 Å². The van der Waals surface area contributed by atoms with E-state index in [0.29, 0.717) is 41.3 Å². The molecule has 2 aromatic carbocycles. The van der Waals surface area contributed by atoms with E-state index < -0.39 is 11.2 Å². The molecular weight excluding hydrogens is 410 g/mol. The number of rotatable bonds is 7. The third kappa shape index (κ3) is 4.18. The number of ether oxygens (including phenoxy) is 1. The highest BCUT2D eigenvalue weighted by Crippen LogP contribution is 2.29. The Morgan fingerprint density at radius 3 is 2.50 bits per heavy atom. The second kappa shape index (κ2) is 8.93. The molecule has 1 amide bonds. The predicted molar refractivity (Wildman–Crippen MR) is 121 cm³/mol. The van der Waals surface area contributed by atoms with Crippen molar-refractivity contribution in [1.82, 2.24) is 18.7 Å². The molecule has 0 radical (unpaired) electrons. The SMILES string of the molecule is Cn1c(=O)c2c(ncn2CCCC(=O)Nc2ccccc2Oc2ccccc2)n(C)c1=O. The number of aryl methyl sites for hydroxylation is 2. The van der Waals surface area contributed by atoms with Crippen molar-refractivity contribution in [1.29, 1.82) is 0 Å². The lowest BCUT2D eigenvalue weighted by atomic mass is 10.2. The molecule has 0 bridgehead atoms. The number of nitrogens with zero attached hydrogens (tertiary/aromatic N) is 4. The van der Waals surface area contributed by atoms with Crippen molar-refractivity contribution in [2.24, 2.45) is 14.1 Å². The number of benzene rings is 2. The average molecular weight is 433 g/mol. The van der Waals surface area contributed by atoms with Gasteiger partial charge in [0.25, 0.3) is 5.56 Å². The van der Waals surface area contributed by atoms with Gasteiger partial charge in [-0.3, -0.25) is 18.7 Å². The molecule has 1 N–H and O–H groups in total. The van der Waals surface area contributed by atoms with Crippen molar-refractivity contribution in [3.63, 3.8) is 0 Å². The molecule has 164 valence electrons. The van der Waals surface area contributed by atoms with Gasteiger partial charge in [-0.2, -0.15) is 0 Å². The van der Waals surface area contributed by atoms with E-state index in [1.165, 1.54) is 17.9 Å². The number of para-hydroxylation sites is 3. The fourth-order valence-electron chi connectivity index (χ4n) is 3.46. The van der Waals surface area contributed by atoms with E-state index in [1.54, 1.807) is 23.7 Å². The first-order valence-corrected chi connectivity index (χ1v) is 10.2. The number of hydrogen-bond donors (Lipinski definition) is 1. The molecule has 0 spiro atoms. The van der Waals surface area contributed by atoms with Gasteiger partial charge in [0.2, 0.25) is 5.91 Å². The smallest absolute Gasteiger partial charge is 0.332 e. The first kappa shape index (κ1) is 21.1. The minimum Gasteiger partial charge on any atom is -0.455 e. The normalized spacial score (nSPS) is 10.9. The van der Waals surface area contributed by atoms with Crippen molar-refractivity contribution < 1.29 is 9.53 Å². The van der Waals surface area contributed by atoms with Crippen LogP contribution in [0.1, 0.15) is 12.8 Å². The Morgan fingerprint density at radius 2 is 1.72 bits per heavy atom. The van der Waals surface area contributed by atoms with Gasteiger partial charge in [0, 0.05) is 27.1 Å². The number of amides is 1. The summed E-state index contributed by atoms with van der Waals surface area (Å²) >= 11 is 0. The van der Waals surface area contributed by atoms with Crippen LogP contribution >= 0.6 is 0 Å². The summed E-state index contributed by atoms with van der Waals surface area (Å²) < 4.78 is 9.94. The second-order valence-corrected chi connectivity index (χ2v) is 7.38. The van der Waals surface area contributed by atoms with E-state index >= 15 is 0 Å². The van der Waals surface area contributed by atoms with Gasteiger partial charge in [-0.05, 0) is 30.7 Å². The maximum atomic E-state index is 12.5. The molecule has 2 heterocycles. The van der Waals surface area contributed by atoms with Gasteiger partial charge in [0.15, 0.2) is 16.9 Å². The summed E-state index contributed by atoms with van der Waals surface area (Å²) in [6.07, 6.45) is 2.25. The summed E-state index contributed by atoms with van der Waals surface area (Å²) in [5.74, 6) is 1.06. The molecular formula is C23H23N5O4. The van der Waals surface area contributed by atoms with Gasteiger partial charge >= 0.3 is 5.69 Å². The van der Waals surface area contributed by atoms with Crippen LogP contribution in [0.4, 0.5) is 5.69 Å². The summed E-state index contributed by atoms with van der Waals surface area (Å²) in [4.78, 5) is 41.3. The Morgan fingerprint density at radius 1 is 1.00 bits per heavy atom. The number of hydrogen-bond acceptors (Lipinski definition) is 5. The largest absolute Gasteiger partial charge is 0.455 e. The third-order valence-corrected chi connectivity index (χ3v) is 5.15. The molecule has 9 nitrogen and oxygen atoms in total. The Hall–Kier alpha value is -4.14. The Kier molecular flexibility index (Phi) is 5.89. The van der Waals surface area contributed by atoms with Gasteiger partial charge in [-0.1, -0.05) is 30.3 Å². The fraction of sp³-hybridized carbons (Fsp3) is 0.217. The zero-order valence-electron chi connectivity index (χ0n) is 17.8. The number of imidazole rings is 1.